The first kappa shape index (κ1) is 19.1. The highest BCUT2D eigenvalue weighted by Gasteiger charge is 2.32. The first-order chi connectivity index (χ1) is 13.5. The van der Waals surface area contributed by atoms with Crippen LogP contribution in [0, 0.1) is 5.92 Å². The van der Waals surface area contributed by atoms with Crippen molar-refractivity contribution in [2.45, 2.75) is 43.5 Å². The number of fused-ring (bicyclic) bond motifs is 1. The molecule has 0 atom stereocenters. The van der Waals surface area contributed by atoms with E-state index in [1.807, 2.05) is 24.3 Å². The molecule has 1 fully saturated rings. The summed E-state index contributed by atoms with van der Waals surface area (Å²) in [6.45, 7) is 1.20. The fourth-order valence-corrected chi connectivity index (χ4v) is 5.57. The Morgan fingerprint density at radius 1 is 1.14 bits per heavy atom. The predicted octanol–water partition coefficient (Wildman–Crippen LogP) is 2.29. The SMILES string of the molecule is O=C(NCc1cccnc1)C1CCN(S(=O)(=O)c2ccc3c(c2)CCC3)CC1. The summed E-state index contributed by atoms with van der Waals surface area (Å²) in [5, 5.41) is 2.94. The first-order valence-corrected chi connectivity index (χ1v) is 11.3. The Kier molecular flexibility index (Phi) is 5.46. The van der Waals surface area contributed by atoms with Gasteiger partial charge >= 0.3 is 0 Å². The smallest absolute Gasteiger partial charge is 0.243 e. The number of sulfonamides is 1. The third-order valence-electron chi connectivity index (χ3n) is 5.72. The Balaban J connectivity index is 1.35. The molecule has 1 aliphatic carbocycles. The van der Waals surface area contributed by atoms with Crippen LogP contribution < -0.4 is 5.32 Å². The summed E-state index contributed by atoms with van der Waals surface area (Å²) in [7, 11) is -3.49. The van der Waals surface area contributed by atoms with Crippen molar-refractivity contribution >= 4 is 15.9 Å². The van der Waals surface area contributed by atoms with Crippen molar-refractivity contribution in [3.8, 4) is 0 Å². The minimum absolute atomic E-state index is 0.0153. The van der Waals surface area contributed by atoms with Crippen LogP contribution in [0.4, 0.5) is 0 Å². The highest BCUT2D eigenvalue weighted by atomic mass is 32.2. The summed E-state index contributed by atoms with van der Waals surface area (Å²) in [5.74, 6) is -0.165. The average Bonchev–Trinajstić information content (AvgIpc) is 3.21. The summed E-state index contributed by atoms with van der Waals surface area (Å²) in [6, 6.07) is 9.27. The Morgan fingerprint density at radius 2 is 1.93 bits per heavy atom. The molecule has 6 nitrogen and oxygen atoms in total. The van der Waals surface area contributed by atoms with Crippen molar-refractivity contribution < 1.29 is 13.2 Å². The van der Waals surface area contributed by atoms with Crippen molar-refractivity contribution in [2.75, 3.05) is 13.1 Å². The van der Waals surface area contributed by atoms with Crippen LogP contribution in [0.1, 0.15) is 36.0 Å². The van der Waals surface area contributed by atoms with Gasteiger partial charge in [0.15, 0.2) is 0 Å². The number of nitrogens with zero attached hydrogens (tertiary/aromatic N) is 2. The zero-order valence-electron chi connectivity index (χ0n) is 15.8. The average molecular weight is 400 g/mol. The summed E-state index contributed by atoms with van der Waals surface area (Å²) in [4.78, 5) is 16.8. The van der Waals surface area contributed by atoms with Gasteiger partial charge in [0.05, 0.1) is 4.90 Å². The zero-order chi connectivity index (χ0) is 19.6. The second-order valence-corrected chi connectivity index (χ2v) is 9.48. The van der Waals surface area contributed by atoms with Crippen LogP contribution in [0.25, 0.3) is 0 Å². The normalized spacial score (nSPS) is 18.0. The summed E-state index contributed by atoms with van der Waals surface area (Å²) >= 11 is 0. The number of carbonyl (C=O) groups is 1. The second kappa shape index (κ2) is 8.01. The number of amides is 1. The molecule has 0 bridgehead atoms. The molecule has 1 amide bonds. The Hall–Kier alpha value is -2.25. The highest BCUT2D eigenvalue weighted by Crippen LogP contribution is 2.28. The molecule has 148 valence electrons. The number of benzene rings is 1. The number of hydrogen-bond acceptors (Lipinski definition) is 4. The lowest BCUT2D eigenvalue weighted by Crippen LogP contribution is -2.42. The van der Waals surface area contributed by atoms with E-state index in [4.69, 9.17) is 0 Å². The van der Waals surface area contributed by atoms with Gasteiger partial charge in [-0.2, -0.15) is 4.31 Å². The summed E-state index contributed by atoms with van der Waals surface area (Å²) < 4.78 is 27.5. The molecule has 0 radical (unpaired) electrons. The molecule has 2 aromatic rings. The molecule has 28 heavy (non-hydrogen) atoms. The number of nitrogens with one attached hydrogen (secondary N) is 1. The monoisotopic (exact) mass is 399 g/mol. The van der Waals surface area contributed by atoms with Gasteiger partial charge in [0.2, 0.25) is 15.9 Å². The maximum absolute atomic E-state index is 13.0. The summed E-state index contributed by atoms with van der Waals surface area (Å²) in [5.41, 5.74) is 3.38. The maximum atomic E-state index is 13.0. The molecule has 0 unspecified atom stereocenters. The van der Waals surface area contributed by atoms with E-state index in [2.05, 4.69) is 10.3 Å². The van der Waals surface area contributed by atoms with E-state index in [0.717, 1.165) is 30.4 Å². The fourth-order valence-electron chi connectivity index (χ4n) is 4.05. The molecule has 0 spiro atoms. The number of hydrogen-bond donors (Lipinski definition) is 1. The lowest BCUT2D eigenvalue weighted by atomic mass is 9.97. The van der Waals surface area contributed by atoms with Crippen molar-refractivity contribution in [1.82, 2.24) is 14.6 Å². The third kappa shape index (κ3) is 3.95. The standard InChI is InChI=1S/C21H25N3O3S/c25-21(23-15-16-3-2-10-22-14-16)18-8-11-24(12-9-18)28(26,27)20-7-6-17-4-1-5-19(17)13-20/h2-3,6-7,10,13-14,18H,1,4-5,8-9,11-12,15H2,(H,23,25). The van der Waals surface area contributed by atoms with Crippen LogP contribution in [0.2, 0.25) is 0 Å². The number of pyridine rings is 1. The van der Waals surface area contributed by atoms with Crippen LogP contribution in [0.5, 0.6) is 0 Å². The van der Waals surface area contributed by atoms with Gasteiger partial charge in [-0.3, -0.25) is 9.78 Å². The molecule has 4 rings (SSSR count). The van der Waals surface area contributed by atoms with Crippen LogP contribution in [-0.2, 0) is 34.2 Å². The molecule has 2 aliphatic rings. The van der Waals surface area contributed by atoms with E-state index < -0.39 is 10.0 Å². The molecule has 1 aromatic heterocycles. The molecular weight excluding hydrogens is 374 g/mol. The number of rotatable bonds is 5. The Morgan fingerprint density at radius 3 is 2.68 bits per heavy atom. The lowest BCUT2D eigenvalue weighted by Gasteiger charge is -2.30. The fraction of sp³-hybridized carbons (Fsp3) is 0.429. The molecule has 0 saturated carbocycles. The number of aromatic nitrogens is 1. The summed E-state index contributed by atoms with van der Waals surface area (Å²) in [6.07, 6.45) is 7.60. The number of piperidine rings is 1. The minimum atomic E-state index is -3.49. The van der Waals surface area contributed by atoms with Gasteiger partial charge in [-0.25, -0.2) is 8.42 Å². The van der Waals surface area contributed by atoms with E-state index in [0.29, 0.717) is 37.4 Å². The van der Waals surface area contributed by atoms with Crippen LogP contribution in [-0.4, -0.2) is 36.7 Å². The third-order valence-corrected chi connectivity index (χ3v) is 7.62. The predicted molar refractivity (Wildman–Crippen MR) is 106 cm³/mol. The van der Waals surface area contributed by atoms with Gasteiger partial charge in [-0.1, -0.05) is 12.1 Å². The van der Waals surface area contributed by atoms with Crippen molar-refractivity contribution in [2.24, 2.45) is 5.92 Å². The van der Waals surface area contributed by atoms with Crippen molar-refractivity contribution in [1.29, 1.82) is 0 Å². The number of aryl methyl sites for hydroxylation is 2. The second-order valence-electron chi connectivity index (χ2n) is 7.54. The largest absolute Gasteiger partial charge is 0.352 e. The van der Waals surface area contributed by atoms with E-state index in [1.165, 1.54) is 9.87 Å². The van der Waals surface area contributed by atoms with Gasteiger partial charge in [0.25, 0.3) is 0 Å². The van der Waals surface area contributed by atoms with Crippen LogP contribution in [0.3, 0.4) is 0 Å². The Labute approximate surface area is 166 Å². The van der Waals surface area contributed by atoms with Crippen LogP contribution >= 0.6 is 0 Å². The van der Waals surface area contributed by atoms with E-state index in [1.54, 1.807) is 18.5 Å². The van der Waals surface area contributed by atoms with E-state index >= 15 is 0 Å². The molecule has 1 N–H and O–H groups in total. The molecule has 1 aliphatic heterocycles. The molecule has 1 saturated heterocycles. The van der Waals surface area contributed by atoms with Gasteiger partial charge < -0.3 is 5.32 Å². The topological polar surface area (TPSA) is 79.4 Å². The highest BCUT2D eigenvalue weighted by molar-refractivity contribution is 7.89. The van der Waals surface area contributed by atoms with E-state index in [-0.39, 0.29) is 11.8 Å². The Bertz CT molecular complexity index is 952. The van der Waals surface area contributed by atoms with Gasteiger partial charge in [0, 0.05) is 37.9 Å². The quantitative estimate of drug-likeness (QED) is 0.837. The van der Waals surface area contributed by atoms with E-state index in [9.17, 15) is 13.2 Å². The zero-order valence-corrected chi connectivity index (χ0v) is 16.6. The van der Waals surface area contributed by atoms with Crippen molar-refractivity contribution in [3.05, 3.63) is 59.4 Å². The molecule has 7 heteroatoms. The molecular formula is C21H25N3O3S. The lowest BCUT2D eigenvalue weighted by molar-refractivity contribution is -0.126. The molecule has 1 aromatic carbocycles. The van der Waals surface area contributed by atoms with Gasteiger partial charge in [0.1, 0.15) is 0 Å². The van der Waals surface area contributed by atoms with Crippen molar-refractivity contribution in [3.63, 3.8) is 0 Å². The minimum Gasteiger partial charge on any atom is -0.352 e. The molecule has 2 heterocycles. The van der Waals surface area contributed by atoms with Crippen LogP contribution in [0.15, 0.2) is 47.6 Å². The number of carbonyl (C=O) groups excluding carboxylic acids is 1. The van der Waals surface area contributed by atoms with Gasteiger partial charge in [-0.05, 0) is 67.0 Å². The maximum Gasteiger partial charge on any atom is 0.243 e. The first-order valence-electron chi connectivity index (χ1n) is 9.82. The van der Waals surface area contributed by atoms with Gasteiger partial charge in [-0.15, -0.1) is 0 Å².